The van der Waals surface area contributed by atoms with Crippen molar-refractivity contribution >= 4 is 17.2 Å². The fourth-order valence-electron chi connectivity index (χ4n) is 2.78. The highest BCUT2D eigenvalue weighted by Gasteiger charge is 2.32. The number of aryl methyl sites for hydroxylation is 2. The van der Waals surface area contributed by atoms with Crippen LogP contribution in [0.1, 0.15) is 52.5 Å². The number of aliphatic hydroxyl groups excluding tert-OH is 1. The van der Waals surface area contributed by atoms with Crippen molar-refractivity contribution in [2.24, 2.45) is 5.41 Å². The molecule has 1 fully saturated rings. The molecule has 1 heterocycles. The number of carbonyl (C=O) groups excluding carboxylic acids is 1. The number of hydrogen-bond donors (Lipinski definition) is 2. The van der Waals surface area contributed by atoms with Crippen molar-refractivity contribution in [3.63, 3.8) is 0 Å². The lowest BCUT2D eigenvalue weighted by atomic mass is 9.74. The monoisotopic (exact) mass is 282 g/mol. The van der Waals surface area contributed by atoms with E-state index in [-0.39, 0.29) is 17.9 Å². The Morgan fingerprint density at radius 1 is 1.37 bits per heavy atom. The highest BCUT2D eigenvalue weighted by atomic mass is 32.1. The highest BCUT2D eigenvalue weighted by Crippen LogP contribution is 2.35. The van der Waals surface area contributed by atoms with Crippen molar-refractivity contribution in [3.05, 3.63) is 15.6 Å². The molecule has 0 spiro atoms. The van der Waals surface area contributed by atoms with Crippen LogP contribution in [0.25, 0.3) is 0 Å². The molecule has 1 aliphatic carbocycles. The number of amides is 1. The number of thiazole rings is 1. The van der Waals surface area contributed by atoms with Gasteiger partial charge < -0.3 is 10.4 Å². The standard InChI is InChI=1S/C14H22N2O2S/c1-10-12(19-11(2)16-10)13(18)15-8-14(9-17)6-4-3-5-7-14/h17H,3-9H2,1-2H3,(H,15,18). The third-order valence-corrected chi connectivity index (χ3v) is 5.05. The second-order valence-electron chi connectivity index (χ2n) is 5.55. The van der Waals surface area contributed by atoms with Gasteiger partial charge in [0.25, 0.3) is 5.91 Å². The summed E-state index contributed by atoms with van der Waals surface area (Å²) in [6, 6.07) is 0. The Bertz CT molecular complexity index is 450. The summed E-state index contributed by atoms with van der Waals surface area (Å²) in [6.45, 7) is 4.50. The minimum atomic E-state index is -0.110. The van der Waals surface area contributed by atoms with Crippen LogP contribution in [0.4, 0.5) is 0 Å². The van der Waals surface area contributed by atoms with Gasteiger partial charge in [-0.1, -0.05) is 19.3 Å². The Kier molecular flexibility index (Phi) is 4.58. The zero-order valence-electron chi connectivity index (χ0n) is 11.7. The summed E-state index contributed by atoms with van der Waals surface area (Å²) < 4.78 is 0. The predicted molar refractivity (Wildman–Crippen MR) is 76.5 cm³/mol. The average Bonchev–Trinajstić information content (AvgIpc) is 2.76. The summed E-state index contributed by atoms with van der Waals surface area (Å²) in [4.78, 5) is 17.1. The summed E-state index contributed by atoms with van der Waals surface area (Å²) in [6.07, 6.45) is 5.54. The lowest BCUT2D eigenvalue weighted by molar-refractivity contribution is 0.0719. The lowest BCUT2D eigenvalue weighted by Gasteiger charge is -2.35. The van der Waals surface area contributed by atoms with E-state index >= 15 is 0 Å². The maximum absolute atomic E-state index is 12.2. The summed E-state index contributed by atoms with van der Waals surface area (Å²) >= 11 is 1.43. The van der Waals surface area contributed by atoms with Gasteiger partial charge in [-0.15, -0.1) is 11.3 Å². The van der Waals surface area contributed by atoms with Gasteiger partial charge in [-0.25, -0.2) is 4.98 Å². The molecule has 4 nitrogen and oxygen atoms in total. The predicted octanol–water partition coefficient (Wildman–Crippen LogP) is 2.43. The molecule has 1 amide bonds. The van der Waals surface area contributed by atoms with Crippen LogP contribution in [0, 0.1) is 19.3 Å². The zero-order valence-corrected chi connectivity index (χ0v) is 12.5. The molecule has 19 heavy (non-hydrogen) atoms. The van der Waals surface area contributed by atoms with Gasteiger partial charge in [0.1, 0.15) is 4.88 Å². The van der Waals surface area contributed by atoms with Crippen LogP contribution in [0.3, 0.4) is 0 Å². The van der Waals surface area contributed by atoms with Crippen molar-refractivity contribution in [2.75, 3.05) is 13.2 Å². The van der Waals surface area contributed by atoms with Gasteiger partial charge in [0.15, 0.2) is 0 Å². The van der Waals surface area contributed by atoms with Crippen LogP contribution in [-0.4, -0.2) is 29.1 Å². The number of nitrogens with one attached hydrogen (secondary N) is 1. The van der Waals surface area contributed by atoms with E-state index < -0.39 is 0 Å². The van der Waals surface area contributed by atoms with Crippen LogP contribution >= 0.6 is 11.3 Å². The molecule has 1 aliphatic rings. The molecule has 0 aliphatic heterocycles. The first-order chi connectivity index (χ1) is 9.06. The summed E-state index contributed by atoms with van der Waals surface area (Å²) in [7, 11) is 0. The molecule has 0 bridgehead atoms. The number of aliphatic hydroxyl groups is 1. The van der Waals surface area contributed by atoms with Gasteiger partial charge in [-0.05, 0) is 26.7 Å². The molecular formula is C14H22N2O2S. The van der Waals surface area contributed by atoms with Crippen LogP contribution in [-0.2, 0) is 0 Å². The fourth-order valence-corrected chi connectivity index (χ4v) is 3.62. The molecule has 5 heteroatoms. The molecule has 2 rings (SSSR count). The first kappa shape index (κ1) is 14.5. The third-order valence-electron chi connectivity index (χ3n) is 3.98. The van der Waals surface area contributed by atoms with Gasteiger partial charge in [0.2, 0.25) is 0 Å². The molecule has 1 aromatic rings. The van der Waals surface area contributed by atoms with E-state index in [0.29, 0.717) is 11.4 Å². The molecule has 2 N–H and O–H groups in total. The van der Waals surface area contributed by atoms with Crippen LogP contribution in [0.15, 0.2) is 0 Å². The number of aromatic nitrogens is 1. The minimum Gasteiger partial charge on any atom is -0.396 e. The van der Waals surface area contributed by atoms with E-state index in [2.05, 4.69) is 10.3 Å². The topological polar surface area (TPSA) is 62.2 Å². The Morgan fingerprint density at radius 3 is 2.58 bits per heavy atom. The highest BCUT2D eigenvalue weighted by molar-refractivity contribution is 7.13. The first-order valence-electron chi connectivity index (χ1n) is 6.89. The van der Waals surface area contributed by atoms with Crippen LogP contribution < -0.4 is 5.32 Å². The van der Waals surface area contributed by atoms with Crippen molar-refractivity contribution in [2.45, 2.75) is 46.0 Å². The lowest BCUT2D eigenvalue weighted by Crippen LogP contribution is -2.41. The van der Waals surface area contributed by atoms with Crippen molar-refractivity contribution < 1.29 is 9.90 Å². The SMILES string of the molecule is Cc1nc(C)c(C(=O)NCC2(CO)CCCCC2)s1. The summed E-state index contributed by atoms with van der Waals surface area (Å²) in [5.41, 5.74) is 0.684. The van der Waals surface area contributed by atoms with Gasteiger partial charge >= 0.3 is 0 Å². The minimum absolute atomic E-state index is 0.0542. The molecular weight excluding hydrogens is 260 g/mol. The summed E-state index contributed by atoms with van der Waals surface area (Å²) in [5.74, 6) is -0.0542. The molecule has 0 aromatic carbocycles. The number of nitrogens with zero attached hydrogens (tertiary/aromatic N) is 1. The number of rotatable bonds is 4. The molecule has 0 atom stereocenters. The number of carbonyl (C=O) groups is 1. The quantitative estimate of drug-likeness (QED) is 0.891. The van der Waals surface area contributed by atoms with E-state index in [4.69, 9.17) is 0 Å². The molecule has 0 radical (unpaired) electrons. The summed E-state index contributed by atoms with van der Waals surface area (Å²) in [5, 5.41) is 13.5. The van der Waals surface area contributed by atoms with E-state index in [1.807, 2.05) is 13.8 Å². The Labute approximate surface area is 118 Å². The first-order valence-corrected chi connectivity index (χ1v) is 7.71. The van der Waals surface area contributed by atoms with Crippen molar-refractivity contribution in [3.8, 4) is 0 Å². The van der Waals surface area contributed by atoms with Crippen molar-refractivity contribution in [1.82, 2.24) is 10.3 Å². The van der Waals surface area contributed by atoms with E-state index in [9.17, 15) is 9.90 Å². The van der Waals surface area contributed by atoms with Crippen LogP contribution in [0.5, 0.6) is 0 Å². The molecule has 1 aromatic heterocycles. The largest absolute Gasteiger partial charge is 0.396 e. The average molecular weight is 282 g/mol. The molecule has 106 valence electrons. The maximum atomic E-state index is 12.2. The zero-order chi connectivity index (χ0) is 13.9. The molecule has 1 saturated carbocycles. The van der Waals surface area contributed by atoms with E-state index in [1.165, 1.54) is 17.8 Å². The molecule has 0 unspecified atom stereocenters. The van der Waals surface area contributed by atoms with Gasteiger partial charge in [-0.2, -0.15) is 0 Å². The third kappa shape index (κ3) is 3.34. The normalized spacial score (nSPS) is 18.3. The van der Waals surface area contributed by atoms with Gasteiger partial charge in [0.05, 0.1) is 17.3 Å². The Hall–Kier alpha value is -0.940. The van der Waals surface area contributed by atoms with Gasteiger partial charge in [-0.3, -0.25) is 4.79 Å². The van der Waals surface area contributed by atoms with Crippen LogP contribution in [0.2, 0.25) is 0 Å². The number of hydrogen-bond acceptors (Lipinski definition) is 4. The molecule has 0 saturated heterocycles. The van der Waals surface area contributed by atoms with E-state index in [1.54, 1.807) is 0 Å². The second-order valence-corrected chi connectivity index (χ2v) is 6.75. The van der Waals surface area contributed by atoms with E-state index in [0.717, 1.165) is 36.4 Å². The van der Waals surface area contributed by atoms with Crippen molar-refractivity contribution in [1.29, 1.82) is 0 Å². The Morgan fingerprint density at radius 2 is 2.05 bits per heavy atom. The smallest absolute Gasteiger partial charge is 0.263 e. The fraction of sp³-hybridized carbons (Fsp3) is 0.714. The second kappa shape index (κ2) is 6.01. The van der Waals surface area contributed by atoms with Gasteiger partial charge in [0, 0.05) is 12.0 Å². The maximum Gasteiger partial charge on any atom is 0.263 e. The Balaban J connectivity index is 1.97.